The van der Waals surface area contributed by atoms with Crippen molar-refractivity contribution in [3.8, 4) is 0 Å². The molecule has 7 heteroatoms. The maximum Gasteiger partial charge on any atom is 0.339 e. The topological polar surface area (TPSA) is 97.4 Å². The second kappa shape index (κ2) is 7.51. The Kier molecular flexibility index (Phi) is 5.16. The lowest BCUT2D eigenvalue weighted by Crippen LogP contribution is -2.43. The number of hydrogen-bond acceptors (Lipinski definition) is 5. The minimum absolute atomic E-state index is 0.477. The largest absolute Gasteiger partial charge is 0.449 e. The van der Waals surface area contributed by atoms with Gasteiger partial charge in [0.1, 0.15) is 0 Å². The number of amides is 3. The molecule has 0 aliphatic heterocycles. The molecule has 1 aromatic carbocycles. The summed E-state index contributed by atoms with van der Waals surface area (Å²) in [5, 5.41) is 5.11. The summed E-state index contributed by atoms with van der Waals surface area (Å²) in [6.07, 6.45) is 2.52. The second-order valence-electron chi connectivity index (χ2n) is 6.25. The Morgan fingerprint density at radius 2 is 1.88 bits per heavy atom. The van der Waals surface area contributed by atoms with Crippen molar-refractivity contribution in [3.63, 3.8) is 0 Å². The third kappa shape index (κ3) is 3.51. The molecular formula is C19H21N3O4. The van der Waals surface area contributed by atoms with Crippen molar-refractivity contribution in [1.29, 1.82) is 0 Å². The average molecular weight is 355 g/mol. The van der Waals surface area contributed by atoms with Crippen molar-refractivity contribution in [3.05, 3.63) is 41.1 Å². The van der Waals surface area contributed by atoms with Crippen LogP contribution in [0.4, 0.5) is 4.79 Å². The third-order valence-electron chi connectivity index (χ3n) is 4.49. The van der Waals surface area contributed by atoms with Gasteiger partial charge in [0.25, 0.3) is 5.91 Å². The second-order valence-corrected chi connectivity index (χ2v) is 6.25. The van der Waals surface area contributed by atoms with Gasteiger partial charge in [0.15, 0.2) is 6.10 Å². The smallest absolute Gasteiger partial charge is 0.339 e. The van der Waals surface area contributed by atoms with Gasteiger partial charge >= 0.3 is 12.0 Å². The van der Waals surface area contributed by atoms with Crippen molar-refractivity contribution < 1.29 is 19.1 Å². The van der Waals surface area contributed by atoms with Crippen LogP contribution in [0.1, 0.15) is 41.4 Å². The zero-order valence-corrected chi connectivity index (χ0v) is 14.8. The van der Waals surface area contributed by atoms with Gasteiger partial charge in [0.2, 0.25) is 0 Å². The maximum atomic E-state index is 12.9. The van der Waals surface area contributed by atoms with Crippen molar-refractivity contribution in [2.75, 3.05) is 7.05 Å². The fourth-order valence-electron chi connectivity index (χ4n) is 3.15. The van der Waals surface area contributed by atoms with E-state index in [2.05, 4.69) is 15.6 Å². The fourth-order valence-corrected chi connectivity index (χ4v) is 3.15. The van der Waals surface area contributed by atoms with Gasteiger partial charge < -0.3 is 10.1 Å². The van der Waals surface area contributed by atoms with Gasteiger partial charge in [-0.05, 0) is 44.2 Å². The van der Waals surface area contributed by atoms with E-state index in [1.54, 1.807) is 0 Å². The summed E-state index contributed by atoms with van der Waals surface area (Å²) in [7, 11) is 1.40. The molecule has 1 aliphatic carbocycles. The highest BCUT2D eigenvalue weighted by molar-refractivity contribution is 6.06. The molecule has 0 unspecified atom stereocenters. The lowest BCUT2D eigenvalue weighted by molar-refractivity contribution is -0.127. The molecule has 2 aromatic rings. The summed E-state index contributed by atoms with van der Waals surface area (Å²) < 4.78 is 5.36. The van der Waals surface area contributed by atoms with Crippen LogP contribution in [0.3, 0.4) is 0 Å². The monoisotopic (exact) mass is 355 g/mol. The van der Waals surface area contributed by atoms with E-state index in [4.69, 9.17) is 4.74 Å². The highest BCUT2D eigenvalue weighted by Gasteiger charge is 2.26. The van der Waals surface area contributed by atoms with Crippen LogP contribution in [0, 0.1) is 0 Å². The number of aryl methyl sites for hydroxylation is 1. The molecule has 0 bridgehead atoms. The van der Waals surface area contributed by atoms with Gasteiger partial charge in [-0.2, -0.15) is 0 Å². The van der Waals surface area contributed by atoms with Gasteiger partial charge in [-0.25, -0.2) is 9.59 Å². The molecule has 1 aromatic heterocycles. The lowest BCUT2D eigenvalue weighted by atomic mass is 9.90. The molecule has 1 atom stereocenters. The normalized spacial score (nSPS) is 14.2. The molecule has 3 amide bonds. The number of fused-ring (bicyclic) bond motifs is 2. The molecule has 0 radical (unpaired) electrons. The van der Waals surface area contributed by atoms with Crippen LogP contribution in [0.5, 0.6) is 0 Å². The summed E-state index contributed by atoms with van der Waals surface area (Å²) in [5.74, 6) is -1.24. The van der Waals surface area contributed by atoms with Crippen molar-refractivity contribution >= 4 is 28.8 Å². The SMILES string of the molecule is CNC(=O)NC(=O)[C@H](C)OC(=O)c1c2c(nc3ccccc13)CCCC2. The van der Waals surface area contributed by atoms with Crippen LogP contribution in [0.15, 0.2) is 24.3 Å². The number of aromatic nitrogens is 1. The van der Waals surface area contributed by atoms with Crippen LogP contribution in [0.2, 0.25) is 0 Å². The summed E-state index contributed by atoms with van der Waals surface area (Å²) in [6, 6.07) is 6.77. The molecule has 1 heterocycles. The van der Waals surface area contributed by atoms with Crippen LogP contribution < -0.4 is 10.6 Å². The van der Waals surface area contributed by atoms with E-state index >= 15 is 0 Å². The van der Waals surface area contributed by atoms with Crippen molar-refractivity contribution in [2.45, 2.75) is 38.7 Å². The third-order valence-corrected chi connectivity index (χ3v) is 4.49. The number of nitrogens with one attached hydrogen (secondary N) is 2. The molecule has 3 rings (SSSR count). The average Bonchev–Trinajstić information content (AvgIpc) is 2.65. The Labute approximate surface area is 151 Å². The number of benzene rings is 1. The molecule has 0 saturated carbocycles. The predicted octanol–water partition coefficient (Wildman–Crippen LogP) is 2.11. The first-order chi connectivity index (χ1) is 12.5. The predicted molar refractivity (Wildman–Crippen MR) is 95.9 cm³/mol. The molecule has 136 valence electrons. The quantitative estimate of drug-likeness (QED) is 0.822. The molecule has 2 N–H and O–H groups in total. The Morgan fingerprint density at radius 3 is 2.65 bits per heavy atom. The minimum atomic E-state index is -1.09. The number of imide groups is 1. The zero-order valence-electron chi connectivity index (χ0n) is 14.8. The summed E-state index contributed by atoms with van der Waals surface area (Å²) >= 11 is 0. The first kappa shape index (κ1) is 17.8. The number of carbonyl (C=O) groups is 3. The maximum absolute atomic E-state index is 12.9. The number of carbonyl (C=O) groups excluding carboxylic acids is 3. The number of urea groups is 1. The lowest BCUT2D eigenvalue weighted by Gasteiger charge is -2.21. The number of ether oxygens (including phenoxy) is 1. The van der Waals surface area contributed by atoms with Crippen LogP contribution >= 0.6 is 0 Å². The molecule has 0 spiro atoms. The number of rotatable bonds is 3. The Bertz CT molecular complexity index is 878. The first-order valence-electron chi connectivity index (χ1n) is 8.65. The van der Waals surface area contributed by atoms with Crippen molar-refractivity contribution in [1.82, 2.24) is 15.6 Å². The van der Waals surface area contributed by atoms with E-state index in [9.17, 15) is 14.4 Å². The van der Waals surface area contributed by atoms with E-state index in [0.29, 0.717) is 5.56 Å². The number of pyridine rings is 1. The highest BCUT2D eigenvalue weighted by atomic mass is 16.5. The van der Waals surface area contributed by atoms with Gasteiger partial charge in [0.05, 0.1) is 11.1 Å². The molecule has 1 aliphatic rings. The van der Waals surface area contributed by atoms with E-state index in [0.717, 1.165) is 47.8 Å². The number of esters is 1. The van der Waals surface area contributed by atoms with Crippen LogP contribution in [0.25, 0.3) is 10.9 Å². The summed E-state index contributed by atoms with van der Waals surface area (Å²) in [6.45, 7) is 1.44. The Morgan fingerprint density at radius 1 is 1.15 bits per heavy atom. The summed E-state index contributed by atoms with van der Waals surface area (Å²) in [4.78, 5) is 40.8. The highest BCUT2D eigenvalue weighted by Crippen LogP contribution is 2.30. The Balaban J connectivity index is 1.92. The molecule has 7 nitrogen and oxygen atoms in total. The van der Waals surface area contributed by atoms with Crippen molar-refractivity contribution in [2.24, 2.45) is 0 Å². The van der Waals surface area contributed by atoms with E-state index < -0.39 is 24.0 Å². The van der Waals surface area contributed by atoms with Gasteiger partial charge in [-0.1, -0.05) is 18.2 Å². The Hall–Kier alpha value is -2.96. The van der Waals surface area contributed by atoms with Gasteiger partial charge in [-0.15, -0.1) is 0 Å². The summed E-state index contributed by atoms with van der Waals surface area (Å²) in [5.41, 5.74) is 3.04. The number of hydrogen-bond donors (Lipinski definition) is 2. The molecule has 26 heavy (non-hydrogen) atoms. The van der Waals surface area contributed by atoms with E-state index in [-0.39, 0.29) is 0 Å². The molecular weight excluding hydrogens is 334 g/mol. The van der Waals surface area contributed by atoms with E-state index in [1.165, 1.54) is 14.0 Å². The molecule has 0 fully saturated rings. The van der Waals surface area contributed by atoms with E-state index in [1.807, 2.05) is 24.3 Å². The van der Waals surface area contributed by atoms with Crippen LogP contribution in [-0.4, -0.2) is 36.0 Å². The minimum Gasteiger partial charge on any atom is -0.449 e. The fraction of sp³-hybridized carbons (Fsp3) is 0.368. The van der Waals surface area contributed by atoms with Gasteiger partial charge in [0, 0.05) is 18.1 Å². The van der Waals surface area contributed by atoms with Crippen LogP contribution in [-0.2, 0) is 22.4 Å². The standard InChI is InChI=1S/C19H21N3O4/c1-11(17(23)22-19(25)20-2)26-18(24)16-12-7-3-5-9-14(12)21-15-10-6-4-8-13(15)16/h3,5,7,9,11H,4,6,8,10H2,1-2H3,(H2,20,22,23,25)/t11-/m0/s1. The number of para-hydroxylation sites is 1. The zero-order chi connectivity index (χ0) is 18.7. The number of nitrogens with zero attached hydrogens (tertiary/aromatic N) is 1. The van der Waals surface area contributed by atoms with Gasteiger partial charge in [-0.3, -0.25) is 15.1 Å². The molecule has 0 saturated heterocycles. The first-order valence-corrected chi connectivity index (χ1v) is 8.65.